The second kappa shape index (κ2) is 4.34. The average Bonchev–Trinajstić information content (AvgIpc) is 2.07. The smallest absolute Gasteiger partial charge is 0.207 e. The molecule has 1 rings (SSSR count). The van der Waals surface area contributed by atoms with E-state index in [4.69, 9.17) is 0 Å². The highest BCUT2D eigenvalue weighted by Crippen LogP contribution is 2.17. The van der Waals surface area contributed by atoms with E-state index in [9.17, 15) is 4.79 Å². The molecule has 11 heavy (non-hydrogen) atoms. The van der Waals surface area contributed by atoms with Crippen LogP contribution in [0.5, 0.6) is 0 Å². The van der Waals surface area contributed by atoms with Gasteiger partial charge in [0, 0.05) is 12.1 Å². The van der Waals surface area contributed by atoms with Crippen LogP contribution in [0.4, 0.5) is 0 Å². The Balaban J connectivity index is 2.18. The van der Waals surface area contributed by atoms with Crippen molar-refractivity contribution in [3.8, 4) is 0 Å². The molecule has 0 aromatic heterocycles. The Morgan fingerprint density at radius 2 is 1.73 bits per heavy atom. The molecule has 2 N–H and O–H groups in total. The first kappa shape index (κ1) is 8.53. The van der Waals surface area contributed by atoms with Crippen molar-refractivity contribution in [1.29, 1.82) is 0 Å². The molecule has 3 nitrogen and oxygen atoms in total. The molecule has 3 heteroatoms. The molecule has 0 heterocycles. The van der Waals surface area contributed by atoms with E-state index in [-0.39, 0.29) is 0 Å². The van der Waals surface area contributed by atoms with Crippen LogP contribution in [0.15, 0.2) is 0 Å². The minimum Gasteiger partial charge on any atom is -0.356 e. The number of nitrogens with one attached hydrogen (secondary N) is 2. The molecule has 0 unspecified atom stereocenters. The summed E-state index contributed by atoms with van der Waals surface area (Å²) in [5, 5.41) is 6.07. The predicted molar refractivity (Wildman–Crippen MR) is 44.3 cm³/mol. The number of hydrogen-bond donors (Lipinski definition) is 2. The highest BCUT2D eigenvalue weighted by Gasteiger charge is 2.18. The zero-order chi connectivity index (χ0) is 8.10. The number of rotatable bonds is 3. The average molecular weight is 156 g/mol. The Morgan fingerprint density at radius 3 is 2.18 bits per heavy atom. The molecule has 1 aliphatic rings. The molecule has 1 amide bonds. The zero-order valence-corrected chi connectivity index (χ0v) is 6.97. The highest BCUT2D eigenvalue weighted by molar-refractivity contribution is 5.46. The maximum atomic E-state index is 10.1. The fourth-order valence-electron chi connectivity index (χ4n) is 1.64. The van der Waals surface area contributed by atoms with E-state index in [0.717, 1.165) is 19.3 Å². The Labute approximate surface area is 67.5 Å². The van der Waals surface area contributed by atoms with Crippen LogP contribution in [-0.4, -0.2) is 25.5 Å². The van der Waals surface area contributed by atoms with E-state index in [1.54, 1.807) is 0 Å². The standard InChI is InChI=1S/C8H16N2O/c1-9-7-2-4-8(5-3-7)10-6-11/h6-9H,2-5H2,1H3,(H,10,11). The van der Waals surface area contributed by atoms with Gasteiger partial charge in [-0.1, -0.05) is 0 Å². The maximum Gasteiger partial charge on any atom is 0.207 e. The molecule has 0 saturated heterocycles. The van der Waals surface area contributed by atoms with Crippen LogP contribution in [0, 0.1) is 0 Å². The van der Waals surface area contributed by atoms with Gasteiger partial charge in [0.25, 0.3) is 0 Å². The molecule has 0 radical (unpaired) electrons. The van der Waals surface area contributed by atoms with Gasteiger partial charge in [0.15, 0.2) is 0 Å². The third-order valence-corrected chi connectivity index (χ3v) is 2.44. The summed E-state index contributed by atoms with van der Waals surface area (Å²) in [6, 6.07) is 1.09. The second-order valence-corrected chi connectivity index (χ2v) is 3.12. The van der Waals surface area contributed by atoms with Crippen LogP contribution in [0.2, 0.25) is 0 Å². The summed E-state index contributed by atoms with van der Waals surface area (Å²) in [7, 11) is 2.00. The first-order chi connectivity index (χ1) is 5.36. The van der Waals surface area contributed by atoms with Gasteiger partial charge in [-0.3, -0.25) is 4.79 Å². The van der Waals surface area contributed by atoms with Crippen molar-refractivity contribution in [1.82, 2.24) is 10.6 Å². The van der Waals surface area contributed by atoms with Crippen molar-refractivity contribution in [3.05, 3.63) is 0 Å². The molecule has 1 saturated carbocycles. The second-order valence-electron chi connectivity index (χ2n) is 3.12. The fourth-order valence-corrected chi connectivity index (χ4v) is 1.64. The van der Waals surface area contributed by atoms with Gasteiger partial charge in [-0.05, 0) is 32.7 Å². The topological polar surface area (TPSA) is 41.1 Å². The van der Waals surface area contributed by atoms with Crippen molar-refractivity contribution in [2.45, 2.75) is 37.8 Å². The summed E-state index contributed by atoms with van der Waals surface area (Å²) in [6.45, 7) is 0. The highest BCUT2D eigenvalue weighted by atomic mass is 16.1. The Kier molecular flexibility index (Phi) is 3.36. The van der Waals surface area contributed by atoms with E-state index in [1.807, 2.05) is 7.05 Å². The lowest BCUT2D eigenvalue weighted by Crippen LogP contribution is -2.38. The molecule has 1 aliphatic carbocycles. The minimum atomic E-state index is 0.428. The number of amides is 1. The predicted octanol–water partition coefficient (Wildman–Crippen LogP) is 0.263. The van der Waals surface area contributed by atoms with Gasteiger partial charge in [-0.15, -0.1) is 0 Å². The van der Waals surface area contributed by atoms with Crippen molar-refractivity contribution >= 4 is 6.41 Å². The monoisotopic (exact) mass is 156 g/mol. The quantitative estimate of drug-likeness (QED) is 0.576. The van der Waals surface area contributed by atoms with Gasteiger partial charge < -0.3 is 10.6 Å². The fraction of sp³-hybridized carbons (Fsp3) is 0.875. The van der Waals surface area contributed by atoms with Gasteiger partial charge >= 0.3 is 0 Å². The van der Waals surface area contributed by atoms with Gasteiger partial charge in [0.05, 0.1) is 0 Å². The summed E-state index contributed by atoms with van der Waals surface area (Å²) < 4.78 is 0. The van der Waals surface area contributed by atoms with Crippen molar-refractivity contribution < 1.29 is 4.79 Å². The molecule has 1 fully saturated rings. The minimum absolute atomic E-state index is 0.428. The first-order valence-corrected chi connectivity index (χ1v) is 4.23. The van der Waals surface area contributed by atoms with Crippen molar-refractivity contribution in [3.63, 3.8) is 0 Å². The van der Waals surface area contributed by atoms with E-state index in [0.29, 0.717) is 12.1 Å². The molecular formula is C8H16N2O. The summed E-state index contributed by atoms with van der Waals surface area (Å²) in [4.78, 5) is 10.1. The number of carbonyl (C=O) groups excluding carboxylic acids is 1. The lowest BCUT2D eigenvalue weighted by Gasteiger charge is -2.27. The van der Waals surface area contributed by atoms with E-state index in [2.05, 4.69) is 10.6 Å². The molecule has 64 valence electrons. The van der Waals surface area contributed by atoms with E-state index in [1.165, 1.54) is 12.8 Å². The van der Waals surface area contributed by atoms with Gasteiger partial charge in [0.1, 0.15) is 0 Å². The largest absolute Gasteiger partial charge is 0.356 e. The lowest BCUT2D eigenvalue weighted by atomic mass is 9.91. The number of carbonyl (C=O) groups is 1. The third-order valence-electron chi connectivity index (χ3n) is 2.44. The Morgan fingerprint density at radius 1 is 1.18 bits per heavy atom. The molecule has 0 aromatic rings. The van der Waals surface area contributed by atoms with E-state index < -0.39 is 0 Å². The third kappa shape index (κ3) is 2.50. The van der Waals surface area contributed by atoms with Crippen molar-refractivity contribution in [2.24, 2.45) is 0 Å². The lowest BCUT2D eigenvalue weighted by molar-refractivity contribution is -0.110. The summed E-state index contributed by atoms with van der Waals surface area (Å²) in [5.41, 5.74) is 0. The Bertz CT molecular complexity index is 119. The summed E-state index contributed by atoms with van der Waals surface area (Å²) in [5.74, 6) is 0. The van der Waals surface area contributed by atoms with Crippen LogP contribution in [-0.2, 0) is 4.79 Å². The van der Waals surface area contributed by atoms with Crippen molar-refractivity contribution in [2.75, 3.05) is 7.05 Å². The van der Waals surface area contributed by atoms with Gasteiger partial charge in [0.2, 0.25) is 6.41 Å². The van der Waals surface area contributed by atoms with E-state index >= 15 is 0 Å². The zero-order valence-electron chi connectivity index (χ0n) is 6.97. The number of hydrogen-bond acceptors (Lipinski definition) is 2. The molecule has 0 atom stereocenters. The molecule has 0 spiro atoms. The SMILES string of the molecule is CNC1CCC(NC=O)CC1. The first-order valence-electron chi connectivity index (χ1n) is 4.23. The molecule has 0 bridgehead atoms. The van der Waals surface area contributed by atoms with Gasteiger partial charge in [-0.25, -0.2) is 0 Å². The molecule has 0 aliphatic heterocycles. The molecule has 0 aromatic carbocycles. The normalized spacial score (nSPS) is 31.4. The van der Waals surface area contributed by atoms with Crippen LogP contribution >= 0.6 is 0 Å². The van der Waals surface area contributed by atoms with Crippen LogP contribution in [0.3, 0.4) is 0 Å². The summed E-state index contributed by atoms with van der Waals surface area (Å²) in [6.07, 6.45) is 5.41. The van der Waals surface area contributed by atoms with Crippen LogP contribution in [0.25, 0.3) is 0 Å². The van der Waals surface area contributed by atoms with Crippen LogP contribution < -0.4 is 10.6 Å². The Hall–Kier alpha value is -0.570. The van der Waals surface area contributed by atoms with Crippen LogP contribution in [0.1, 0.15) is 25.7 Å². The summed E-state index contributed by atoms with van der Waals surface area (Å²) >= 11 is 0. The maximum absolute atomic E-state index is 10.1. The molecular weight excluding hydrogens is 140 g/mol. The van der Waals surface area contributed by atoms with Gasteiger partial charge in [-0.2, -0.15) is 0 Å².